The molecule has 0 aliphatic carbocycles. The van der Waals surface area contributed by atoms with Crippen molar-refractivity contribution in [3.63, 3.8) is 0 Å². The standard InChI is InChI=1S/C30H22BrN3/c31-27-16-17-28-26(18-27)21-32-34(28)33-29(23-12-6-2-7-13-23)19-25(22-10-4-1-5-11-22)20-30(33)24-14-8-3-9-15-24/h1-21,29H. The van der Waals surface area contributed by atoms with E-state index in [2.05, 4.69) is 142 Å². The van der Waals surface area contributed by atoms with Gasteiger partial charge in [0, 0.05) is 9.86 Å². The van der Waals surface area contributed by atoms with Crippen LogP contribution in [0.15, 0.2) is 132 Å². The molecule has 164 valence electrons. The number of nitrogens with zero attached hydrogens (tertiary/aromatic N) is 3. The highest BCUT2D eigenvalue weighted by atomic mass is 79.9. The van der Waals surface area contributed by atoms with Gasteiger partial charge >= 0.3 is 0 Å². The van der Waals surface area contributed by atoms with Gasteiger partial charge in [0.25, 0.3) is 0 Å². The first kappa shape index (κ1) is 20.7. The molecule has 4 aromatic carbocycles. The summed E-state index contributed by atoms with van der Waals surface area (Å²) in [5, 5.41) is 8.25. The fourth-order valence-corrected chi connectivity index (χ4v) is 4.93. The van der Waals surface area contributed by atoms with Crippen LogP contribution in [0.2, 0.25) is 0 Å². The number of hydrogen-bond acceptors (Lipinski definition) is 2. The third-order valence-electron chi connectivity index (χ3n) is 6.17. The highest BCUT2D eigenvalue weighted by molar-refractivity contribution is 9.10. The predicted molar refractivity (Wildman–Crippen MR) is 144 cm³/mol. The lowest BCUT2D eigenvalue weighted by atomic mass is 9.93. The molecule has 0 amide bonds. The van der Waals surface area contributed by atoms with E-state index in [0.29, 0.717) is 0 Å². The monoisotopic (exact) mass is 503 g/mol. The Hall–Kier alpha value is -3.89. The number of benzene rings is 4. The van der Waals surface area contributed by atoms with Crippen LogP contribution in [0.5, 0.6) is 0 Å². The SMILES string of the molecule is Brc1ccc2c(cnn2N2C(c3ccccc3)=CC(c3ccccc3)=CC2c2ccccc2)c1. The van der Waals surface area contributed by atoms with Crippen LogP contribution in [0.3, 0.4) is 0 Å². The molecule has 6 rings (SSSR count). The maximum atomic E-state index is 4.86. The second-order valence-corrected chi connectivity index (χ2v) is 9.24. The maximum absolute atomic E-state index is 4.86. The third-order valence-corrected chi connectivity index (χ3v) is 6.67. The molecule has 1 aliphatic heterocycles. The summed E-state index contributed by atoms with van der Waals surface area (Å²) in [5.41, 5.74) is 6.91. The van der Waals surface area contributed by atoms with Gasteiger partial charge in [-0.1, -0.05) is 107 Å². The van der Waals surface area contributed by atoms with Gasteiger partial charge in [-0.15, -0.1) is 0 Å². The third kappa shape index (κ3) is 3.76. The van der Waals surface area contributed by atoms with Gasteiger partial charge in [-0.3, -0.25) is 5.01 Å². The first-order chi connectivity index (χ1) is 16.8. The lowest BCUT2D eigenvalue weighted by Gasteiger charge is -2.37. The van der Waals surface area contributed by atoms with Gasteiger partial charge in [0.05, 0.1) is 23.5 Å². The summed E-state index contributed by atoms with van der Waals surface area (Å²) in [4.78, 5) is 2.04. The molecule has 3 nitrogen and oxygen atoms in total. The molecule has 5 aromatic rings. The van der Waals surface area contributed by atoms with Crippen molar-refractivity contribution >= 4 is 38.1 Å². The van der Waals surface area contributed by atoms with Gasteiger partial charge in [-0.2, -0.15) is 9.89 Å². The minimum atomic E-state index is -0.0386. The van der Waals surface area contributed by atoms with Crippen molar-refractivity contribution in [2.24, 2.45) is 0 Å². The molecule has 34 heavy (non-hydrogen) atoms. The Bertz CT molecular complexity index is 1500. The molecule has 0 fully saturated rings. The van der Waals surface area contributed by atoms with Crippen molar-refractivity contribution in [2.75, 3.05) is 5.01 Å². The van der Waals surface area contributed by atoms with Crippen molar-refractivity contribution in [3.05, 3.63) is 149 Å². The van der Waals surface area contributed by atoms with Crippen LogP contribution in [0.1, 0.15) is 22.7 Å². The lowest BCUT2D eigenvalue weighted by molar-refractivity contribution is 0.590. The van der Waals surface area contributed by atoms with Gasteiger partial charge in [-0.05, 0) is 52.6 Å². The molecule has 0 saturated carbocycles. The van der Waals surface area contributed by atoms with Crippen LogP contribution >= 0.6 is 15.9 Å². The van der Waals surface area contributed by atoms with Crippen molar-refractivity contribution < 1.29 is 0 Å². The Kier molecular flexibility index (Phi) is 5.36. The Morgan fingerprint density at radius 2 is 1.35 bits per heavy atom. The smallest absolute Gasteiger partial charge is 0.0966 e. The minimum absolute atomic E-state index is 0.0386. The summed E-state index contributed by atoms with van der Waals surface area (Å²) >= 11 is 3.60. The summed E-state index contributed by atoms with van der Waals surface area (Å²) in [6, 6.07) is 38.0. The van der Waals surface area contributed by atoms with Crippen molar-refractivity contribution in [3.8, 4) is 0 Å². The van der Waals surface area contributed by atoms with Crippen LogP contribution < -0.4 is 5.01 Å². The van der Waals surface area contributed by atoms with E-state index in [9.17, 15) is 0 Å². The summed E-state index contributed by atoms with van der Waals surface area (Å²) in [5.74, 6) is 0. The van der Waals surface area contributed by atoms with Gasteiger partial charge in [0.15, 0.2) is 0 Å². The summed E-state index contributed by atoms with van der Waals surface area (Å²) in [6.07, 6.45) is 6.54. The number of rotatable bonds is 4. The number of fused-ring (bicyclic) bond motifs is 1. The van der Waals surface area contributed by atoms with Gasteiger partial charge in [0.1, 0.15) is 0 Å². The zero-order valence-corrected chi connectivity index (χ0v) is 20.0. The second-order valence-electron chi connectivity index (χ2n) is 8.32. The zero-order valence-electron chi connectivity index (χ0n) is 18.4. The average molecular weight is 504 g/mol. The number of halogens is 1. The Morgan fingerprint density at radius 3 is 2.06 bits per heavy atom. The van der Waals surface area contributed by atoms with E-state index in [1.807, 2.05) is 11.0 Å². The summed E-state index contributed by atoms with van der Waals surface area (Å²) in [6.45, 7) is 0. The average Bonchev–Trinajstić information content (AvgIpc) is 3.32. The Labute approximate surface area is 207 Å². The van der Waals surface area contributed by atoms with Gasteiger partial charge in [0.2, 0.25) is 0 Å². The molecule has 1 aromatic heterocycles. The normalized spacial score (nSPS) is 15.8. The van der Waals surface area contributed by atoms with Crippen molar-refractivity contribution in [1.29, 1.82) is 0 Å². The number of allylic oxidation sites excluding steroid dienone is 2. The van der Waals surface area contributed by atoms with E-state index in [4.69, 9.17) is 5.10 Å². The molecule has 0 N–H and O–H groups in total. The zero-order chi connectivity index (χ0) is 22.9. The summed E-state index contributed by atoms with van der Waals surface area (Å²) in [7, 11) is 0. The molecule has 0 bridgehead atoms. The molecule has 0 spiro atoms. The van der Waals surface area contributed by atoms with Gasteiger partial charge in [-0.25, -0.2) is 0 Å². The summed E-state index contributed by atoms with van der Waals surface area (Å²) < 4.78 is 1.04. The van der Waals surface area contributed by atoms with Crippen LogP contribution in [0.25, 0.3) is 22.2 Å². The van der Waals surface area contributed by atoms with E-state index < -0.39 is 0 Å². The van der Waals surface area contributed by atoms with Crippen LogP contribution in [-0.2, 0) is 0 Å². The molecule has 0 saturated heterocycles. The second kappa shape index (κ2) is 8.81. The van der Waals surface area contributed by atoms with Gasteiger partial charge < -0.3 is 0 Å². The molecule has 2 heterocycles. The van der Waals surface area contributed by atoms with E-state index in [0.717, 1.165) is 26.6 Å². The van der Waals surface area contributed by atoms with E-state index in [1.54, 1.807) is 0 Å². The predicted octanol–water partition coefficient (Wildman–Crippen LogP) is 7.62. The van der Waals surface area contributed by atoms with E-state index in [1.165, 1.54) is 16.7 Å². The van der Waals surface area contributed by atoms with E-state index in [-0.39, 0.29) is 6.04 Å². The molecule has 4 heteroatoms. The molecular weight excluding hydrogens is 482 g/mol. The number of aromatic nitrogens is 2. The fourth-order valence-electron chi connectivity index (χ4n) is 4.56. The molecule has 1 aliphatic rings. The largest absolute Gasteiger partial charge is 0.253 e. The number of hydrogen-bond donors (Lipinski definition) is 0. The quantitative estimate of drug-likeness (QED) is 0.251. The first-order valence-electron chi connectivity index (χ1n) is 11.3. The maximum Gasteiger partial charge on any atom is 0.0966 e. The van der Waals surface area contributed by atoms with Crippen LogP contribution in [0.4, 0.5) is 0 Å². The van der Waals surface area contributed by atoms with Crippen LogP contribution in [0, 0.1) is 0 Å². The molecule has 0 radical (unpaired) electrons. The topological polar surface area (TPSA) is 21.1 Å². The van der Waals surface area contributed by atoms with Crippen molar-refractivity contribution in [1.82, 2.24) is 9.89 Å². The van der Waals surface area contributed by atoms with Crippen LogP contribution in [-0.4, -0.2) is 9.89 Å². The van der Waals surface area contributed by atoms with E-state index >= 15 is 0 Å². The van der Waals surface area contributed by atoms with Crippen molar-refractivity contribution in [2.45, 2.75) is 6.04 Å². The molecule has 1 unspecified atom stereocenters. The molecule has 1 atom stereocenters. The highest BCUT2D eigenvalue weighted by Crippen LogP contribution is 2.39. The fraction of sp³-hybridized carbons (Fsp3) is 0.0333. The Balaban J connectivity index is 1.61. The first-order valence-corrected chi connectivity index (χ1v) is 12.1. The minimum Gasteiger partial charge on any atom is -0.253 e. The Morgan fingerprint density at radius 1 is 0.706 bits per heavy atom. The highest BCUT2D eigenvalue weighted by Gasteiger charge is 2.29. The molecular formula is C30H22BrN3. The lowest BCUT2D eigenvalue weighted by Crippen LogP contribution is -2.38.